The molecule has 1 heterocycles. The highest BCUT2D eigenvalue weighted by Gasteiger charge is 2.20. The standard InChI is InChI=1S/C20H20O6/c1-12-9-13(10-17-18(12)26-11-25-17)5-7-15(21)14-6-8-16(22-2)20(24-4)19(14)23-3/h5-10H,11H2,1-4H3/b7-5+. The summed E-state index contributed by atoms with van der Waals surface area (Å²) >= 11 is 0. The van der Waals surface area contributed by atoms with Crippen LogP contribution in [0.1, 0.15) is 21.5 Å². The van der Waals surface area contributed by atoms with Crippen molar-refractivity contribution in [3.05, 3.63) is 47.0 Å². The van der Waals surface area contributed by atoms with E-state index < -0.39 is 0 Å². The average Bonchev–Trinajstić information content (AvgIpc) is 3.13. The molecule has 0 unspecified atom stereocenters. The molecule has 0 aromatic heterocycles. The molecule has 6 nitrogen and oxygen atoms in total. The Bertz CT molecular complexity index is 869. The van der Waals surface area contributed by atoms with Gasteiger partial charge in [0.15, 0.2) is 28.8 Å². The van der Waals surface area contributed by atoms with E-state index >= 15 is 0 Å². The maximum atomic E-state index is 12.7. The van der Waals surface area contributed by atoms with Crippen molar-refractivity contribution in [3.63, 3.8) is 0 Å². The van der Waals surface area contributed by atoms with Crippen LogP contribution in [-0.2, 0) is 0 Å². The third kappa shape index (κ3) is 3.18. The van der Waals surface area contributed by atoms with Crippen LogP contribution in [0.4, 0.5) is 0 Å². The normalized spacial score (nSPS) is 12.3. The number of hydrogen-bond donors (Lipinski definition) is 0. The predicted octanol–water partition coefficient (Wildman–Crippen LogP) is 3.65. The van der Waals surface area contributed by atoms with Gasteiger partial charge in [0.2, 0.25) is 12.5 Å². The first kappa shape index (κ1) is 17.7. The van der Waals surface area contributed by atoms with Crippen LogP contribution in [0.5, 0.6) is 28.7 Å². The van der Waals surface area contributed by atoms with Gasteiger partial charge in [0.1, 0.15) is 0 Å². The van der Waals surface area contributed by atoms with Crippen LogP contribution < -0.4 is 23.7 Å². The van der Waals surface area contributed by atoms with Crippen molar-refractivity contribution >= 4 is 11.9 Å². The highest BCUT2D eigenvalue weighted by molar-refractivity contribution is 6.09. The topological polar surface area (TPSA) is 63.2 Å². The van der Waals surface area contributed by atoms with Crippen LogP contribution in [0.2, 0.25) is 0 Å². The molecule has 6 heteroatoms. The lowest BCUT2D eigenvalue weighted by Crippen LogP contribution is -2.02. The monoisotopic (exact) mass is 356 g/mol. The minimum Gasteiger partial charge on any atom is -0.493 e. The fourth-order valence-electron chi connectivity index (χ4n) is 2.87. The van der Waals surface area contributed by atoms with Crippen molar-refractivity contribution in [2.45, 2.75) is 6.92 Å². The molecular formula is C20H20O6. The molecule has 0 saturated heterocycles. The van der Waals surface area contributed by atoms with Crippen molar-refractivity contribution in [1.29, 1.82) is 0 Å². The van der Waals surface area contributed by atoms with E-state index in [4.69, 9.17) is 23.7 Å². The number of rotatable bonds is 6. The second-order valence-electron chi connectivity index (χ2n) is 5.65. The molecule has 0 saturated carbocycles. The second-order valence-corrected chi connectivity index (χ2v) is 5.65. The van der Waals surface area contributed by atoms with E-state index in [9.17, 15) is 4.79 Å². The third-order valence-electron chi connectivity index (χ3n) is 4.08. The van der Waals surface area contributed by atoms with E-state index in [2.05, 4.69) is 0 Å². The first-order valence-corrected chi connectivity index (χ1v) is 8.00. The van der Waals surface area contributed by atoms with Gasteiger partial charge in [-0.3, -0.25) is 4.79 Å². The van der Waals surface area contributed by atoms with Gasteiger partial charge in [-0.25, -0.2) is 0 Å². The zero-order valence-electron chi connectivity index (χ0n) is 15.1. The number of hydrogen-bond acceptors (Lipinski definition) is 6. The van der Waals surface area contributed by atoms with Gasteiger partial charge in [0.25, 0.3) is 0 Å². The summed E-state index contributed by atoms with van der Waals surface area (Å²) in [6.45, 7) is 2.15. The van der Waals surface area contributed by atoms with Crippen molar-refractivity contribution in [2.24, 2.45) is 0 Å². The molecule has 0 aliphatic carbocycles. The summed E-state index contributed by atoms with van der Waals surface area (Å²) in [6, 6.07) is 7.10. The molecule has 2 aromatic rings. The maximum absolute atomic E-state index is 12.7. The summed E-state index contributed by atoms with van der Waals surface area (Å²) in [5.41, 5.74) is 2.19. The van der Waals surface area contributed by atoms with E-state index in [-0.39, 0.29) is 12.6 Å². The highest BCUT2D eigenvalue weighted by atomic mass is 16.7. The van der Waals surface area contributed by atoms with Crippen LogP contribution >= 0.6 is 0 Å². The Kier molecular flexibility index (Phi) is 5.02. The van der Waals surface area contributed by atoms with Gasteiger partial charge in [-0.2, -0.15) is 0 Å². The van der Waals surface area contributed by atoms with Gasteiger partial charge >= 0.3 is 0 Å². The maximum Gasteiger partial charge on any atom is 0.231 e. The van der Waals surface area contributed by atoms with Crippen molar-refractivity contribution in [3.8, 4) is 28.7 Å². The Balaban J connectivity index is 1.91. The van der Waals surface area contributed by atoms with Crippen molar-refractivity contribution in [1.82, 2.24) is 0 Å². The Morgan fingerprint density at radius 3 is 2.50 bits per heavy atom. The molecule has 0 bridgehead atoms. The Morgan fingerprint density at radius 1 is 1.04 bits per heavy atom. The predicted molar refractivity (Wildman–Crippen MR) is 96.8 cm³/mol. The van der Waals surface area contributed by atoms with Crippen LogP contribution in [0.3, 0.4) is 0 Å². The molecule has 0 amide bonds. The Labute approximate surface area is 151 Å². The molecule has 0 spiro atoms. The van der Waals surface area contributed by atoms with Crippen molar-refractivity contribution < 1.29 is 28.5 Å². The molecule has 0 N–H and O–H groups in total. The van der Waals surface area contributed by atoms with Crippen LogP contribution in [0.15, 0.2) is 30.3 Å². The van der Waals surface area contributed by atoms with E-state index in [0.29, 0.717) is 28.6 Å². The summed E-state index contributed by atoms with van der Waals surface area (Å²) in [7, 11) is 4.51. The van der Waals surface area contributed by atoms with Gasteiger partial charge in [0.05, 0.1) is 26.9 Å². The molecule has 3 rings (SSSR count). The molecular weight excluding hydrogens is 336 g/mol. The average molecular weight is 356 g/mol. The molecule has 0 atom stereocenters. The number of ether oxygens (including phenoxy) is 5. The lowest BCUT2D eigenvalue weighted by molar-refractivity contribution is 0.104. The minimum absolute atomic E-state index is 0.210. The number of fused-ring (bicyclic) bond motifs is 1. The van der Waals surface area contributed by atoms with Gasteiger partial charge in [-0.05, 0) is 48.4 Å². The molecule has 1 aliphatic rings. The second kappa shape index (κ2) is 7.39. The number of carbonyl (C=O) groups is 1. The van der Waals surface area contributed by atoms with E-state index in [0.717, 1.165) is 16.9 Å². The number of ketones is 1. The Hall–Kier alpha value is -3.15. The van der Waals surface area contributed by atoms with Gasteiger partial charge in [-0.15, -0.1) is 0 Å². The van der Waals surface area contributed by atoms with Crippen LogP contribution in [0.25, 0.3) is 6.08 Å². The summed E-state index contributed by atoms with van der Waals surface area (Å²) < 4.78 is 26.7. The fourth-order valence-corrected chi connectivity index (χ4v) is 2.87. The lowest BCUT2D eigenvalue weighted by Gasteiger charge is -2.14. The van der Waals surface area contributed by atoms with Crippen LogP contribution in [0, 0.1) is 6.92 Å². The first-order chi connectivity index (χ1) is 12.6. The van der Waals surface area contributed by atoms with Gasteiger partial charge in [-0.1, -0.05) is 6.08 Å². The quantitative estimate of drug-likeness (QED) is 0.582. The molecule has 136 valence electrons. The van der Waals surface area contributed by atoms with E-state index in [1.54, 1.807) is 18.2 Å². The van der Waals surface area contributed by atoms with E-state index in [1.807, 2.05) is 19.1 Å². The third-order valence-corrected chi connectivity index (χ3v) is 4.08. The summed E-state index contributed by atoms with van der Waals surface area (Å²) in [5, 5.41) is 0. The minimum atomic E-state index is -0.210. The molecule has 0 fully saturated rings. The van der Waals surface area contributed by atoms with Crippen molar-refractivity contribution in [2.75, 3.05) is 28.1 Å². The van der Waals surface area contributed by atoms with E-state index in [1.165, 1.54) is 27.4 Å². The zero-order chi connectivity index (χ0) is 18.7. The molecule has 26 heavy (non-hydrogen) atoms. The SMILES string of the molecule is COc1ccc(C(=O)/C=C/c2cc(C)c3c(c2)OCO3)c(OC)c1OC. The smallest absolute Gasteiger partial charge is 0.231 e. The van der Waals surface area contributed by atoms with Crippen LogP contribution in [-0.4, -0.2) is 33.9 Å². The summed E-state index contributed by atoms with van der Waals surface area (Å²) in [5.74, 6) is 2.43. The largest absolute Gasteiger partial charge is 0.493 e. The molecule has 2 aromatic carbocycles. The number of aryl methyl sites for hydroxylation is 1. The Morgan fingerprint density at radius 2 is 1.81 bits per heavy atom. The number of benzene rings is 2. The highest BCUT2D eigenvalue weighted by Crippen LogP contribution is 2.40. The molecule has 1 aliphatic heterocycles. The van der Waals surface area contributed by atoms with Gasteiger partial charge in [0, 0.05) is 0 Å². The lowest BCUT2D eigenvalue weighted by atomic mass is 10.1. The summed E-state index contributed by atoms with van der Waals surface area (Å²) in [4.78, 5) is 12.7. The fraction of sp³-hybridized carbons (Fsp3) is 0.250. The first-order valence-electron chi connectivity index (χ1n) is 8.00. The van der Waals surface area contributed by atoms with Gasteiger partial charge < -0.3 is 23.7 Å². The molecule has 0 radical (unpaired) electrons. The summed E-state index contributed by atoms with van der Waals surface area (Å²) in [6.07, 6.45) is 3.22. The number of methoxy groups -OCH3 is 3. The number of carbonyl (C=O) groups excluding carboxylic acids is 1. The zero-order valence-corrected chi connectivity index (χ0v) is 15.1. The number of allylic oxidation sites excluding steroid dienone is 1.